The minimum Gasteiger partial charge on any atom is -0.468 e. The lowest BCUT2D eigenvalue weighted by atomic mass is 10.2. The molecule has 0 aliphatic carbocycles. The van der Waals surface area contributed by atoms with E-state index in [-0.39, 0.29) is 35.9 Å². The summed E-state index contributed by atoms with van der Waals surface area (Å²) in [5.74, 6) is -1.18. The van der Waals surface area contributed by atoms with Crippen molar-refractivity contribution in [3.05, 3.63) is 40.8 Å². The molecule has 0 saturated heterocycles. The number of halogens is 3. The Hall–Kier alpha value is -3.24. The standard InChI is InChI=1S/C19H22F3N5O3/c1-10(2)16(28)27-18-24-11(3)7-14(26-18)17(29)23-8-13-5-6-15(25-12(13)4)30-9-19(20,21)22/h5-7,10H,8-9H2,1-4H3,(H,23,29)(H,24,26,27,28). The Kier molecular flexibility index (Phi) is 7.30. The number of anilines is 1. The fraction of sp³-hybridized carbons (Fsp3) is 0.421. The van der Waals surface area contributed by atoms with Gasteiger partial charge in [-0.25, -0.2) is 15.0 Å². The highest BCUT2D eigenvalue weighted by Gasteiger charge is 2.28. The lowest BCUT2D eigenvalue weighted by Crippen LogP contribution is -2.26. The number of carbonyl (C=O) groups is 2. The topological polar surface area (TPSA) is 106 Å². The number of pyridine rings is 1. The van der Waals surface area contributed by atoms with Crippen LogP contribution in [0.25, 0.3) is 0 Å². The van der Waals surface area contributed by atoms with Gasteiger partial charge in [0, 0.05) is 29.9 Å². The van der Waals surface area contributed by atoms with Gasteiger partial charge in [0.1, 0.15) is 5.69 Å². The Morgan fingerprint density at radius 3 is 2.43 bits per heavy atom. The van der Waals surface area contributed by atoms with Gasteiger partial charge in [-0.15, -0.1) is 0 Å². The average molecular weight is 425 g/mol. The molecule has 0 spiro atoms. The van der Waals surface area contributed by atoms with Crippen molar-refractivity contribution in [2.24, 2.45) is 5.92 Å². The minimum atomic E-state index is -4.45. The summed E-state index contributed by atoms with van der Waals surface area (Å²) in [5, 5.41) is 5.20. The summed E-state index contributed by atoms with van der Waals surface area (Å²) >= 11 is 0. The van der Waals surface area contributed by atoms with Gasteiger partial charge in [-0.3, -0.25) is 14.9 Å². The number of hydrogen-bond acceptors (Lipinski definition) is 6. The maximum Gasteiger partial charge on any atom is 0.422 e. The highest BCUT2D eigenvalue weighted by atomic mass is 19.4. The van der Waals surface area contributed by atoms with Gasteiger partial charge in [-0.1, -0.05) is 19.9 Å². The van der Waals surface area contributed by atoms with Crippen molar-refractivity contribution in [3.8, 4) is 5.88 Å². The molecule has 30 heavy (non-hydrogen) atoms. The van der Waals surface area contributed by atoms with Crippen molar-refractivity contribution >= 4 is 17.8 Å². The third-order valence-corrected chi connectivity index (χ3v) is 3.84. The van der Waals surface area contributed by atoms with Crippen LogP contribution in [0, 0.1) is 19.8 Å². The fourth-order valence-corrected chi connectivity index (χ4v) is 2.25. The van der Waals surface area contributed by atoms with Crippen LogP contribution in [0.3, 0.4) is 0 Å². The van der Waals surface area contributed by atoms with E-state index >= 15 is 0 Å². The van der Waals surface area contributed by atoms with Crippen LogP contribution >= 0.6 is 0 Å². The van der Waals surface area contributed by atoms with Crippen molar-refractivity contribution in [1.29, 1.82) is 0 Å². The number of hydrogen-bond donors (Lipinski definition) is 2. The summed E-state index contributed by atoms with van der Waals surface area (Å²) in [5.41, 5.74) is 1.58. The summed E-state index contributed by atoms with van der Waals surface area (Å²) in [7, 11) is 0. The largest absolute Gasteiger partial charge is 0.468 e. The monoisotopic (exact) mass is 425 g/mol. The van der Waals surface area contributed by atoms with Crippen molar-refractivity contribution < 1.29 is 27.5 Å². The van der Waals surface area contributed by atoms with Crippen LogP contribution in [0.15, 0.2) is 18.2 Å². The van der Waals surface area contributed by atoms with Gasteiger partial charge >= 0.3 is 6.18 Å². The number of nitrogens with zero attached hydrogens (tertiary/aromatic N) is 3. The molecule has 0 aromatic carbocycles. The Balaban J connectivity index is 2.03. The van der Waals surface area contributed by atoms with Crippen molar-refractivity contribution in [1.82, 2.24) is 20.3 Å². The molecule has 2 aromatic rings. The van der Waals surface area contributed by atoms with E-state index in [9.17, 15) is 22.8 Å². The Morgan fingerprint density at radius 2 is 1.83 bits per heavy atom. The SMILES string of the molecule is Cc1cc(C(=O)NCc2ccc(OCC(F)(F)F)nc2C)nc(NC(=O)C(C)C)n1. The van der Waals surface area contributed by atoms with Crippen LogP contribution in [-0.4, -0.2) is 39.5 Å². The predicted octanol–water partition coefficient (Wildman–Crippen LogP) is 2.95. The molecule has 2 rings (SSSR count). The molecule has 0 fully saturated rings. The molecule has 0 saturated carbocycles. The van der Waals surface area contributed by atoms with E-state index in [1.54, 1.807) is 27.7 Å². The summed E-state index contributed by atoms with van der Waals surface area (Å²) in [6.07, 6.45) is -4.45. The van der Waals surface area contributed by atoms with Crippen LogP contribution in [0.1, 0.15) is 41.3 Å². The number of nitrogens with one attached hydrogen (secondary N) is 2. The lowest BCUT2D eigenvalue weighted by Gasteiger charge is -2.12. The third-order valence-electron chi connectivity index (χ3n) is 3.84. The Bertz CT molecular complexity index is 932. The second-order valence-corrected chi connectivity index (χ2v) is 6.84. The van der Waals surface area contributed by atoms with Gasteiger partial charge < -0.3 is 10.1 Å². The predicted molar refractivity (Wildman–Crippen MR) is 102 cm³/mol. The summed E-state index contributed by atoms with van der Waals surface area (Å²) in [6.45, 7) is 5.34. The molecular formula is C19H22F3N5O3. The van der Waals surface area contributed by atoms with Gasteiger partial charge in [-0.05, 0) is 25.5 Å². The Labute approximate surface area is 171 Å². The summed E-state index contributed by atoms with van der Waals surface area (Å²) in [4.78, 5) is 36.4. The number of ether oxygens (including phenoxy) is 1. The lowest BCUT2D eigenvalue weighted by molar-refractivity contribution is -0.154. The third kappa shape index (κ3) is 6.98. The van der Waals surface area contributed by atoms with Gasteiger partial charge in [-0.2, -0.15) is 13.2 Å². The van der Waals surface area contributed by atoms with Crippen LogP contribution in [0.5, 0.6) is 5.88 Å². The molecule has 162 valence electrons. The number of aryl methyl sites for hydroxylation is 2. The molecule has 0 unspecified atom stereocenters. The van der Waals surface area contributed by atoms with Crippen LogP contribution in [0.4, 0.5) is 19.1 Å². The molecule has 2 N–H and O–H groups in total. The van der Waals surface area contributed by atoms with E-state index in [0.29, 0.717) is 17.0 Å². The minimum absolute atomic E-state index is 0.0304. The van der Waals surface area contributed by atoms with Gasteiger partial charge in [0.25, 0.3) is 5.91 Å². The molecule has 2 aromatic heterocycles. The summed E-state index contributed by atoms with van der Waals surface area (Å²) in [6, 6.07) is 4.29. The quantitative estimate of drug-likeness (QED) is 0.707. The highest BCUT2D eigenvalue weighted by Crippen LogP contribution is 2.18. The molecule has 2 heterocycles. The van der Waals surface area contributed by atoms with Crippen LogP contribution < -0.4 is 15.4 Å². The van der Waals surface area contributed by atoms with Crippen molar-refractivity contribution in [2.75, 3.05) is 11.9 Å². The van der Waals surface area contributed by atoms with Gasteiger partial charge in [0.2, 0.25) is 17.7 Å². The van der Waals surface area contributed by atoms with E-state index < -0.39 is 18.7 Å². The Morgan fingerprint density at radius 1 is 1.13 bits per heavy atom. The van der Waals surface area contributed by atoms with E-state index in [0.717, 1.165) is 0 Å². The molecule has 0 bridgehead atoms. The number of alkyl halides is 3. The zero-order valence-corrected chi connectivity index (χ0v) is 16.9. The molecule has 0 radical (unpaired) electrons. The zero-order valence-electron chi connectivity index (χ0n) is 16.9. The maximum absolute atomic E-state index is 12.4. The zero-order chi connectivity index (χ0) is 22.5. The van der Waals surface area contributed by atoms with Gasteiger partial charge in [0.15, 0.2) is 6.61 Å². The number of amides is 2. The van der Waals surface area contributed by atoms with Crippen LogP contribution in [0.2, 0.25) is 0 Å². The van der Waals surface area contributed by atoms with E-state index in [2.05, 4.69) is 30.3 Å². The number of rotatable bonds is 7. The first-order valence-corrected chi connectivity index (χ1v) is 9.05. The van der Waals surface area contributed by atoms with Crippen LogP contribution in [-0.2, 0) is 11.3 Å². The molecule has 0 aliphatic rings. The molecule has 2 amide bonds. The average Bonchev–Trinajstić information content (AvgIpc) is 2.64. The number of carbonyl (C=O) groups excluding carboxylic acids is 2. The first-order valence-electron chi connectivity index (χ1n) is 9.05. The normalized spacial score (nSPS) is 11.3. The van der Waals surface area contributed by atoms with Crippen molar-refractivity contribution in [3.63, 3.8) is 0 Å². The van der Waals surface area contributed by atoms with Gasteiger partial charge in [0.05, 0.1) is 0 Å². The van der Waals surface area contributed by atoms with E-state index in [4.69, 9.17) is 0 Å². The molecule has 0 aliphatic heterocycles. The highest BCUT2D eigenvalue weighted by molar-refractivity contribution is 5.94. The number of aromatic nitrogens is 3. The van der Waals surface area contributed by atoms with E-state index in [1.807, 2.05) is 0 Å². The summed E-state index contributed by atoms with van der Waals surface area (Å²) < 4.78 is 41.3. The molecule has 0 atom stereocenters. The maximum atomic E-state index is 12.4. The molecule has 11 heteroatoms. The first-order chi connectivity index (χ1) is 13.9. The second-order valence-electron chi connectivity index (χ2n) is 6.84. The second kappa shape index (κ2) is 9.51. The van der Waals surface area contributed by atoms with Crippen molar-refractivity contribution in [2.45, 2.75) is 40.4 Å². The first kappa shape index (κ1) is 23.0. The molecular weight excluding hydrogens is 403 g/mol. The van der Waals surface area contributed by atoms with E-state index in [1.165, 1.54) is 18.2 Å². The fourth-order valence-electron chi connectivity index (χ4n) is 2.25. The smallest absolute Gasteiger partial charge is 0.422 e. The molecule has 8 nitrogen and oxygen atoms in total.